The standard InChI is InChI=1S/C34H41F2N5O5S/c1-20-15-27(47-4)26(33(43)39-20)18-38-32(42)24-16-25(22-5-6-29(37-17-22)41-11-13-44-14-12-41)31-30(21(24)2)45-34(3,46-31)23-7-9-40(10-8-23)19-28(35)36/h5-6,15-17,23,28H,7-14,18-19H2,1-4H3,(H,38,42)(H,39,43). The third-order valence-electron chi connectivity index (χ3n) is 9.33. The van der Waals surface area contributed by atoms with E-state index < -0.39 is 12.2 Å². The minimum Gasteiger partial charge on any atom is -0.448 e. The van der Waals surface area contributed by atoms with Crippen molar-refractivity contribution in [2.24, 2.45) is 5.92 Å². The van der Waals surface area contributed by atoms with Crippen LogP contribution in [0.1, 0.15) is 46.9 Å². The third kappa shape index (κ3) is 6.97. The molecule has 10 nitrogen and oxygen atoms in total. The molecule has 13 heteroatoms. The summed E-state index contributed by atoms with van der Waals surface area (Å²) < 4.78 is 44.8. The minimum absolute atomic E-state index is 0.0478. The molecule has 252 valence electrons. The van der Waals surface area contributed by atoms with E-state index in [0.29, 0.717) is 72.9 Å². The van der Waals surface area contributed by atoms with Gasteiger partial charge in [-0.3, -0.25) is 14.5 Å². The molecule has 1 amide bonds. The number of fused-ring (bicyclic) bond motifs is 1. The summed E-state index contributed by atoms with van der Waals surface area (Å²) in [5, 5.41) is 2.95. The van der Waals surface area contributed by atoms with Crippen LogP contribution in [-0.4, -0.2) is 85.2 Å². The van der Waals surface area contributed by atoms with Crippen LogP contribution >= 0.6 is 11.8 Å². The number of halogens is 2. The number of anilines is 1. The van der Waals surface area contributed by atoms with Crippen molar-refractivity contribution >= 4 is 23.5 Å². The Labute approximate surface area is 277 Å². The molecular weight excluding hydrogens is 628 g/mol. The van der Waals surface area contributed by atoms with E-state index in [1.165, 1.54) is 11.8 Å². The molecule has 1 atom stereocenters. The van der Waals surface area contributed by atoms with Gasteiger partial charge in [-0.1, -0.05) is 0 Å². The van der Waals surface area contributed by atoms with Gasteiger partial charge in [-0.15, -0.1) is 11.8 Å². The van der Waals surface area contributed by atoms with Gasteiger partial charge in [0.2, 0.25) is 0 Å². The van der Waals surface area contributed by atoms with Gasteiger partial charge >= 0.3 is 0 Å². The number of thioether (sulfide) groups is 1. The average Bonchev–Trinajstić information content (AvgIpc) is 3.43. The van der Waals surface area contributed by atoms with E-state index in [2.05, 4.69) is 15.2 Å². The summed E-state index contributed by atoms with van der Waals surface area (Å²) in [6.45, 7) is 9.19. The number of amides is 1. The molecule has 47 heavy (non-hydrogen) atoms. The summed E-state index contributed by atoms with van der Waals surface area (Å²) >= 11 is 1.45. The number of alkyl halides is 2. The Bertz CT molecular complexity index is 1670. The van der Waals surface area contributed by atoms with Crippen molar-refractivity contribution in [1.82, 2.24) is 20.2 Å². The van der Waals surface area contributed by atoms with Crippen molar-refractivity contribution < 1.29 is 27.8 Å². The number of pyridine rings is 2. The number of carbonyl (C=O) groups is 1. The van der Waals surface area contributed by atoms with E-state index >= 15 is 0 Å². The zero-order chi connectivity index (χ0) is 33.3. The number of aromatic nitrogens is 2. The predicted molar refractivity (Wildman–Crippen MR) is 177 cm³/mol. The van der Waals surface area contributed by atoms with Crippen LogP contribution < -0.4 is 25.2 Å². The minimum atomic E-state index is -2.37. The lowest BCUT2D eigenvalue weighted by atomic mass is 9.89. The van der Waals surface area contributed by atoms with Gasteiger partial charge in [-0.2, -0.15) is 0 Å². The first kappa shape index (κ1) is 33.2. The number of nitrogens with zero attached hydrogens (tertiary/aromatic N) is 3. The molecule has 6 rings (SSSR count). The van der Waals surface area contributed by atoms with Crippen LogP contribution in [0, 0.1) is 19.8 Å². The number of H-pyrrole nitrogens is 1. The maximum Gasteiger partial charge on any atom is 0.254 e. The number of carbonyl (C=O) groups excluding carboxylic acids is 1. The van der Waals surface area contributed by atoms with Gasteiger partial charge in [-0.25, -0.2) is 13.8 Å². The van der Waals surface area contributed by atoms with Crippen molar-refractivity contribution in [1.29, 1.82) is 0 Å². The van der Waals surface area contributed by atoms with Crippen molar-refractivity contribution in [2.45, 2.75) is 57.3 Å². The molecule has 2 fully saturated rings. The highest BCUT2D eigenvalue weighted by Crippen LogP contribution is 2.52. The van der Waals surface area contributed by atoms with Crippen LogP contribution in [0.3, 0.4) is 0 Å². The molecule has 1 unspecified atom stereocenters. The lowest BCUT2D eigenvalue weighted by Crippen LogP contribution is -2.49. The quantitative estimate of drug-likeness (QED) is 0.304. The molecule has 2 saturated heterocycles. The Hall–Kier alpha value is -3.68. The Morgan fingerprint density at radius 1 is 1.13 bits per heavy atom. The molecule has 3 aliphatic heterocycles. The number of ether oxygens (including phenoxy) is 3. The average molecular weight is 670 g/mol. The van der Waals surface area contributed by atoms with Crippen LogP contribution in [-0.2, 0) is 11.3 Å². The van der Waals surface area contributed by atoms with E-state index in [1.54, 1.807) is 17.2 Å². The maximum atomic E-state index is 13.8. The second-order valence-electron chi connectivity index (χ2n) is 12.5. The lowest BCUT2D eigenvalue weighted by molar-refractivity contribution is -0.126. The number of hydrogen-bond donors (Lipinski definition) is 2. The van der Waals surface area contributed by atoms with Crippen LogP contribution in [0.15, 0.2) is 40.2 Å². The smallest absolute Gasteiger partial charge is 0.254 e. The number of morpholine rings is 1. The first-order chi connectivity index (χ1) is 22.6. The Kier molecular flexibility index (Phi) is 9.77. The molecule has 0 radical (unpaired) electrons. The summed E-state index contributed by atoms with van der Waals surface area (Å²) in [6, 6.07) is 7.60. The highest BCUT2D eigenvalue weighted by Gasteiger charge is 2.47. The van der Waals surface area contributed by atoms with E-state index in [0.717, 1.165) is 35.1 Å². The Morgan fingerprint density at radius 3 is 2.51 bits per heavy atom. The van der Waals surface area contributed by atoms with E-state index in [1.807, 2.05) is 45.2 Å². The number of nitrogens with one attached hydrogen (secondary N) is 2. The molecule has 3 aromatic rings. The summed E-state index contributed by atoms with van der Waals surface area (Å²) in [6.07, 6.45) is 2.57. The molecule has 0 aliphatic carbocycles. The van der Waals surface area contributed by atoms with Crippen molar-refractivity contribution in [3.05, 3.63) is 63.2 Å². The number of aromatic amines is 1. The summed E-state index contributed by atoms with van der Waals surface area (Å²) in [4.78, 5) is 38.9. The summed E-state index contributed by atoms with van der Waals surface area (Å²) in [5.41, 5.74) is 3.43. The van der Waals surface area contributed by atoms with E-state index in [9.17, 15) is 18.4 Å². The van der Waals surface area contributed by atoms with Gasteiger partial charge in [0, 0.05) is 77.1 Å². The summed E-state index contributed by atoms with van der Waals surface area (Å²) in [7, 11) is 0. The number of aryl methyl sites for hydroxylation is 1. The molecular formula is C34H41F2N5O5S. The number of rotatable bonds is 9. The molecule has 3 aliphatic rings. The summed E-state index contributed by atoms with van der Waals surface area (Å²) in [5.74, 6) is 0.390. The molecule has 1 aromatic carbocycles. The van der Waals surface area contributed by atoms with Gasteiger partial charge in [0.05, 0.1) is 19.8 Å². The molecule has 2 aromatic heterocycles. The highest BCUT2D eigenvalue weighted by molar-refractivity contribution is 7.98. The topological polar surface area (TPSA) is 109 Å². The van der Waals surface area contributed by atoms with Crippen LogP contribution in [0.25, 0.3) is 11.1 Å². The fourth-order valence-electron chi connectivity index (χ4n) is 6.66. The van der Waals surface area contributed by atoms with Crippen LogP contribution in [0.2, 0.25) is 0 Å². The first-order valence-electron chi connectivity index (χ1n) is 16.0. The second kappa shape index (κ2) is 13.8. The number of likely N-dealkylation sites (tertiary alicyclic amines) is 1. The van der Waals surface area contributed by atoms with E-state index in [4.69, 9.17) is 19.2 Å². The molecule has 0 spiro atoms. The predicted octanol–water partition coefficient (Wildman–Crippen LogP) is 5.01. The molecule has 2 N–H and O–H groups in total. The Balaban J connectivity index is 1.32. The first-order valence-corrected chi connectivity index (χ1v) is 17.2. The van der Waals surface area contributed by atoms with Crippen molar-refractivity contribution in [3.63, 3.8) is 0 Å². The van der Waals surface area contributed by atoms with Gasteiger partial charge in [0.25, 0.3) is 23.7 Å². The molecule has 0 bridgehead atoms. The zero-order valence-electron chi connectivity index (χ0n) is 27.2. The van der Waals surface area contributed by atoms with Gasteiger partial charge in [0.15, 0.2) is 11.5 Å². The number of hydrogen-bond acceptors (Lipinski definition) is 9. The third-order valence-corrected chi connectivity index (χ3v) is 10.1. The normalized spacial score (nSPS) is 20.2. The van der Waals surface area contributed by atoms with Crippen molar-refractivity contribution in [2.75, 3.05) is 57.1 Å². The maximum absolute atomic E-state index is 13.8. The number of benzene rings is 1. The van der Waals surface area contributed by atoms with Crippen molar-refractivity contribution in [3.8, 4) is 22.6 Å². The SMILES string of the molecule is CSc1cc(C)[nH]c(=O)c1CNC(=O)c1cc(-c2ccc(N3CCOCC3)nc2)c2c(c1C)OC(C)(C1CCN(CC(F)F)CC1)O2. The zero-order valence-corrected chi connectivity index (χ0v) is 28.0. The molecule has 5 heterocycles. The largest absolute Gasteiger partial charge is 0.448 e. The van der Waals surface area contributed by atoms with Gasteiger partial charge < -0.3 is 29.4 Å². The Morgan fingerprint density at radius 2 is 1.85 bits per heavy atom. The van der Waals surface area contributed by atoms with Crippen LogP contribution in [0.4, 0.5) is 14.6 Å². The lowest BCUT2D eigenvalue weighted by Gasteiger charge is -2.38. The van der Waals surface area contributed by atoms with Crippen LogP contribution in [0.5, 0.6) is 11.5 Å². The molecule has 0 saturated carbocycles. The second-order valence-corrected chi connectivity index (χ2v) is 13.3. The van der Waals surface area contributed by atoms with E-state index in [-0.39, 0.29) is 30.5 Å². The van der Waals surface area contributed by atoms with Gasteiger partial charge in [-0.05, 0) is 70.3 Å². The number of piperidine rings is 1. The highest BCUT2D eigenvalue weighted by atomic mass is 32.2. The fourth-order valence-corrected chi connectivity index (χ4v) is 7.37. The fraction of sp³-hybridized carbons (Fsp3) is 0.500. The monoisotopic (exact) mass is 669 g/mol. The van der Waals surface area contributed by atoms with Gasteiger partial charge in [0.1, 0.15) is 5.82 Å².